The number of aliphatic carboxylic acids is 1. The van der Waals surface area contributed by atoms with Crippen molar-refractivity contribution in [2.45, 2.75) is 45.7 Å². The lowest BCUT2D eigenvalue weighted by molar-refractivity contribution is -0.137. The first-order chi connectivity index (χ1) is 12.3. The fraction of sp³-hybridized carbons (Fsp3) is 0.409. The molecule has 140 valence electrons. The molecule has 0 aromatic heterocycles. The van der Waals surface area contributed by atoms with Crippen molar-refractivity contribution in [2.24, 2.45) is 0 Å². The van der Waals surface area contributed by atoms with E-state index in [2.05, 4.69) is 49.9 Å². The molecule has 2 aromatic rings. The van der Waals surface area contributed by atoms with Crippen molar-refractivity contribution in [3.63, 3.8) is 0 Å². The average molecular weight is 355 g/mol. The molecule has 4 heteroatoms. The topological polar surface area (TPSA) is 49.8 Å². The van der Waals surface area contributed by atoms with Gasteiger partial charge >= 0.3 is 5.97 Å². The monoisotopic (exact) mass is 355 g/mol. The van der Waals surface area contributed by atoms with Gasteiger partial charge in [-0.3, -0.25) is 9.69 Å². The fourth-order valence-electron chi connectivity index (χ4n) is 2.87. The van der Waals surface area contributed by atoms with Gasteiger partial charge in [0, 0.05) is 19.6 Å². The summed E-state index contributed by atoms with van der Waals surface area (Å²) in [6.07, 6.45) is 0.129. The van der Waals surface area contributed by atoms with E-state index in [9.17, 15) is 4.79 Å². The van der Waals surface area contributed by atoms with Crippen molar-refractivity contribution in [3.05, 3.63) is 65.2 Å². The maximum atomic E-state index is 11.0. The van der Waals surface area contributed by atoms with Crippen LogP contribution in [0.5, 0.6) is 5.75 Å². The average Bonchev–Trinajstić information content (AvgIpc) is 2.59. The number of rotatable bonds is 8. The standard InChI is InChI=1S/C22H29NO3/c1-22(2,3)19-10-8-17(9-11-19)15-23(13-12-21(24)25)16-18-6-5-7-20(14-18)26-4/h5-11,14H,12-13,15-16H2,1-4H3,(H,24,25). The molecule has 0 heterocycles. The summed E-state index contributed by atoms with van der Waals surface area (Å²) < 4.78 is 5.29. The molecule has 0 aliphatic heterocycles. The van der Waals surface area contributed by atoms with Gasteiger partial charge in [-0.2, -0.15) is 0 Å². The highest BCUT2D eigenvalue weighted by Gasteiger charge is 2.14. The first-order valence-electron chi connectivity index (χ1n) is 8.94. The number of hydrogen-bond acceptors (Lipinski definition) is 3. The molecule has 0 fully saturated rings. The van der Waals surface area contributed by atoms with E-state index in [1.165, 1.54) is 11.1 Å². The molecule has 0 aliphatic rings. The predicted molar refractivity (Wildman–Crippen MR) is 105 cm³/mol. The third-order valence-corrected chi connectivity index (χ3v) is 4.41. The van der Waals surface area contributed by atoms with Gasteiger partial charge in [-0.05, 0) is 34.2 Å². The molecule has 0 aliphatic carbocycles. The van der Waals surface area contributed by atoms with Gasteiger partial charge in [-0.25, -0.2) is 0 Å². The van der Waals surface area contributed by atoms with Crippen LogP contribution in [0.15, 0.2) is 48.5 Å². The largest absolute Gasteiger partial charge is 0.497 e. The van der Waals surface area contributed by atoms with Gasteiger partial charge in [-0.1, -0.05) is 57.2 Å². The number of methoxy groups -OCH3 is 1. The zero-order valence-electron chi connectivity index (χ0n) is 16.2. The fourth-order valence-corrected chi connectivity index (χ4v) is 2.87. The van der Waals surface area contributed by atoms with Crippen LogP contribution in [-0.2, 0) is 23.3 Å². The Bertz CT molecular complexity index is 717. The first kappa shape index (κ1) is 20.0. The van der Waals surface area contributed by atoms with Crippen LogP contribution in [0, 0.1) is 0 Å². The lowest BCUT2D eigenvalue weighted by Crippen LogP contribution is -2.25. The van der Waals surface area contributed by atoms with E-state index in [1.54, 1.807) is 7.11 Å². The van der Waals surface area contributed by atoms with Crippen LogP contribution in [0.1, 0.15) is 43.9 Å². The van der Waals surface area contributed by atoms with Crippen molar-refractivity contribution >= 4 is 5.97 Å². The Labute approximate surface area is 156 Å². The maximum Gasteiger partial charge on any atom is 0.304 e. The highest BCUT2D eigenvalue weighted by molar-refractivity contribution is 5.66. The number of carboxylic acid groups (broad SMARTS) is 1. The number of nitrogens with zero attached hydrogens (tertiary/aromatic N) is 1. The van der Waals surface area contributed by atoms with Crippen molar-refractivity contribution < 1.29 is 14.6 Å². The second-order valence-electron chi connectivity index (χ2n) is 7.65. The summed E-state index contributed by atoms with van der Waals surface area (Å²) in [7, 11) is 1.65. The highest BCUT2D eigenvalue weighted by atomic mass is 16.5. The van der Waals surface area contributed by atoms with Gasteiger partial charge in [0.25, 0.3) is 0 Å². The lowest BCUT2D eigenvalue weighted by atomic mass is 9.87. The zero-order valence-corrected chi connectivity index (χ0v) is 16.2. The Balaban J connectivity index is 2.12. The van der Waals surface area contributed by atoms with E-state index in [-0.39, 0.29) is 11.8 Å². The van der Waals surface area contributed by atoms with Crippen molar-refractivity contribution in [1.82, 2.24) is 4.90 Å². The first-order valence-corrected chi connectivity index (χ1v) is 8.94. The Morgan fingerprint density at radius 2 is 1.69 bits per heavy atom. The summed E-state index contributed by atoms with van der Waals surface area (Å²) in [6, 6.07) is 16.5. The summed E-state index contributed by atoms with van der Waals surface area (Å²) in [5.74, 6) is 0.0407. The van der Waals surface area contributed by atoms with Crippen LogP contribution in [0.25, 0.3) is 0 Å². The van der Waals surface area contributed by atoms with Crippen LogP contribution < -0.4 is 4.74 Å². The van der Waals surface area contributed by atoms with Crippen LogP contribution in [0.3, 0.4) is 0 Å². The number of benzene rings is 2. The van der Waals surface area contributed by atoms with E-state index in [4.69, 9.17) is 9.84 Å². The van der Waals surface area contributed by atoms with Crippen molar-refractivity contribution in [3.8, 4) is 5.75 Å². The molecule has 2 aromatic carbocycles. The number of carbonyl (C=O) groups is 1. The molecular formula is C22H29NO3. The molecule has 0 bridgehead atoms. The van der Waals surface area contributed by atoms with Crippen molar-refractivity contribution in [1.29, 1.82) is 0 Å². The van der Waals surface area contributed by atoms with Crippen LogP contribution in [0.4, 0.5) is 0 Å². The van der Waals surface area contributed by atoms with E-state index in [0.717, 1.165) is 17.9 Å². The maximum absolute atomic E-state index is 11.0. The molecule has 26 heavy (non-hydrogen) atoms. The third kappa shape index (κ3) is 6.19. The van der Waals surface area contributed by atoms with E-state index < -0.39 is 5.97 Å². The molecule has 0 saturated carbocycles. The van der Waals surface area contributed by atoms with E-state index >= 15 is 0 Å². The zero-order chi connectivity index (χ0) is 19.2. The van der Waals surface area contributed by atoms with E-state index in [1.807, 2.05) is 24.3 Å². The van der Waals surface area contributed by atoms with Crippen LogP contribution in [-0.4, -0.2) is 29.6 Å². The number of ether oxygens (including phenoxy) is 1. The third-order valence-electron chi connectivity index (χ3n) is 4.41. The van der Waals surface area contributed by atoms with Gasteiger partial charge in [0.05, 0.1) is 13.5 Å². The van der Waals surface area contributed by atoms with E-state index in [0.29, 0.717) is 13.1 Å². The van der Waals surface area contributed by atoms with Gasteiger partial charge in [0.1, 0.15) is 5.75 Å². The lowest BCUT2D eigenvalue weighted by Gasteiger charge is -2.23. The summed E-state index contributed by atoms with van der Waals surface area (Å²) in [5.41, 5.74) is 3.72. The molecule has 2 rings (SSSR count). The summed E-state index contributed by atoms with van der Waals surface area (Å²) in [4.78, 5) is 13.2. The van der Waals surface area contributed by atoms with Crippen LogP contribution >= 0.6 is 0 Å². The second kappa shape index (κ2) is 8.86. The van der Waals surface area contributed by atoms with Gasteiger partial charge in [0.2, 0.25) is 0 Å². The molecule has 0 unspecified atom stereocenters. The Morgan fingerprint density at radius 1 is 1.04 bits per heavy atom. The summed E-state index contributed by atoms with van der Waals surface area (Å²) in [6.45, 7) is 8.51. The van der Waals surface area contributed by atoms with Gasteiger partial charge in [-0.15, -0.1) is 0 Å². The molecule has 0 spiro atoms. The molecule has 0 amide bonds. The summed E-state index contributed by atoms with van der Waals surface area (Å²) in [5, 5.41) is 9.06. The highest BCUT2D eigenvalue weighted by Crippen LogP contribution is 2.23. The molecule has 0 radical (unpaired) electrons. The minimum absolute atomic E-state index is 0.127. The van der Waals surface area contributed by atoms with Crippen molar-refractivity contribution in [2.75, 3.05) is 13.7 Å². The molecule has 4 nitrogen and oxygen atoms in total. The molecule has 0 saturated heterocycles. The van der Waals surface area contributed by atoms with Gasteiger partial charge in [0.15, 0.2) is 0 Å². The molecular weight excluding hydrogens is 326 g/mol. The number of hydrogen-bond donors (Lipinski definition) is 1. The molecule has 0 atom stereocenters. The van der Waals surface area contributed by atoms with Crippen LogP contribution in [0.2, 0.25) is 0 Å². The Kier molecular flexibility index (Phi) is 6.81. The Morgan fingerprint density at radius 3 is 2.27 bits per heavy atom. The summed E-state index contributed by atoms with van der Waals surface area (Å²) >= 11 is 0. The minimum atomic E-state index is -0.774. The van der Waals surface area contributed by atoms with Gasteiger partial charge < -0.3 is 9.84 Å². The molecule has 1 N–H and O–H groups in total. The quantitative estimate of drug-likeness (QED) is 0.759. The predicted octanol–water partition coefficient (Wildman–Crippen LogP) is 4.47. The normalized spacial score (nSPS) is 11.6. The number of carboxylic acids is 1. The Hall–Kier alpha value is -2.33. The second-order valence-corrected chi connectivity index (χ2v) is 7.65. The SMILES string of the molecule is COc1cccc(CN(CCC(=O)O)Cc2ccc(C(C)(C)C)cc2)c1. The smallest absolute Gasteiger partial charge is 0.304 e. The minimum Gasteiger partial charge on any atom is -0.497 e.